The Bertz CT molecular complexity index is 851. The second-order valence-corrected chi connectivity index (χ2v) is 9.87. The molecule has 1 aliphatic heterocycles. The standard InChI is InChI=1S/C25H36N4OS/c1-17-12-18(2)15-29(14-17)16-22-8-6-21(7-9-22)13-26-24(30)11-10-23-19(3)27-25(31-5)28-20(23)4/h6-9,17-18H,10-16H2,1-5H3,(H,26,30). The minimum atomic E-state index is 0.0631. The molecule has 2 atom stereocenters. The van der Waals surface area contributed by atoms with Crippen molar-refractivity contribution in [3.05, 3.63) is 52.3 Å². The van der Waals surface area contributed by atoms with Crippen molar-refractivity contribution in [3.8, 4) is 0 Å². The first-order valence-electron chi connectivity index (χ1n) is 11.3. The molecular weight excluding hydrogens is 404 g/mol. The van der Waals surface area contributed by atoms with Crippen LogP contribution >= 0.6 is 11.8 Å². The number of nitrogens with zero attached hydrogens (tertiary/aromatic N) is 3. The van der Waals surface area contributed by atoms with E-state index in [1.54, 1.807) is 11.8 Å². The lowest BCUT2D eigenvalue weighted by atomic mass is 9.91. The number of likely N-dealkylation sites (tertiary alicyclic amines) is 1. The third-order valence-corrected chi connectivity index (χ3v) is 6.60. The zero-order valence-electron chi connectivity index (χ0n) is 19.6. The molecule has 6 heteroatoms. The van der Waals surface area contributed by atoms with E-state index in [1.807, 2.05) is 20.1 Å². The van der Waals surface area contributed by atoms with Gasteiger partial charge in [0.05, 0.1) is 0 Å². The maximum absolute atomic E-state index is 12.4. The van der Waals surface area contributed by atoms with Crippen LogP contribution in [0.1, 0.15) is 54.8 Å². The zero-order valence-corrected chi connectivity index (χ0v) is 20.4. The maximum Gasteiger partial charge on any atom is 0.220 e. The van der Waals surface area contributed by atoms with E-state index in [9.17, 15) is 4.79 Å². The Hall–Kier alpha value is -1.92. The van der Waals surface area contributed by atoms with Crippen LogP contribution < -0.4 is 5.32 Å². The second kappa shape index (κ2) is 11.1. The molecule has 31 heavy (non-hydrogen) atoms. The van der Waals surface area contributed by atoms with Crippen molar-refractivity contribution in [2.45, 2.75) is 65.2 Å². The van der Waals surface area contributed by atoms with E-state index in [2.05, 4.69) is 58.3 Å². The van der Waals surface area contributed by atoms with Gasteiger partial charge in [0, 0.05) is 44.0 Å². The lowest BCUT2D eigenvalue weighted by Gasteiger charge is -2.35. The molecule has 0 aliphatic carbocycles. The predicted octanol–water partition coefficient (Wildman–Crippen LogP) is 4.54. The molecule has 1 amide bonds. The van der Waals surface area contributed by atoms with Crippen molar-refractivity contribution in [3.63, 3.8) is 0 Å². The van der Waals surface area contributed by atoms with Crippen LogP contribution in [0.4, 0.5) is 0 Å². The molecule has 1 aromatic carbocycles. The molecule has 1 saturated heterocycles. The molecule has 1 aliphatic rings. The fourth-order valence-corrected chi connectivity index (χ4v) is 5.09. The molecular formula is C25H36N4OS. The molecule has 2 unspecified atom stereocenters. The Kier molecular flexibility index (Phi) is 8.50. The molecule has 5 nitrogen and oxygen atoms in total. The summed E-state index contributed by atoms with van der Waals surface area (Å²) in [6.45, 7) is 12.6. The minimum Gasteiger partial charge on any atom is -0.352 e. The Morgan fingerprint density at radius 3 is 2.23 bits per heavy atom. The average Bonchev–Trinajstić information content (AvgIpc) is 2.71. The van der Waals surface area contributed by atoms with Gasteiger partial charge < -0.3 is 5.32 Å². The normalized spacial score (nSPS) is 19.4. The van der Waals surface area contributed by atoms with E-state index in [-0.39, 0.29) is 5.91 Å². The maximum atomic E-state index is 12.4. The third kappa shape index (κ3) is 7.04. The number of amides is 1. The molecule has 0 saturated carbocycles. The molecule has 0 spiro atoms. The van der Waals surface area contributed by atoms with Crippen LogP contribution in [0, 0.1) is 25.7 Å². The lowest BCUT2D eigenvalue weighted by Crippen LogP contribution is -2.38. The molecule has 168 valence electrons. The highest BCUT2D eigenvalue weighted by Crippen LogP contribution is 2.22. The minimum absolute atomic E-state index is 0.0631. The van der Waals surface area contributed by atoms with E-state index in [0.29, 0.717) is 19.4 Å². The zero-order chi connectivity index (χ0) is 22.4. The number of piperidine rings is 1. The lowest BCUT2D eigenvalue weighted by molar-refractivity contribution is -0.121. The van der Waals surface area contributed by atoms with Crippen LogP contribution in [0.25, 0.3) is 0 Å². The van der Waals surface area contributed by atoms with Gasteiger partial charge in [0.25, 0.3) is 0 Å². The predicted molar refractivity (Wildman–Crippen MR) is 128 cm³/mol. The van der Waals surface area contributed by atoms with Crippen molar-refractivity contribution in [2.75, 3.05) is 19.3 Å². The van der Waals surface area contributed by atoms with Crippen LogP contribution in [-0.4, -0.2) is 40.1 Å². The molecule has 1 aromatic heterocycles. The summed E-state index contributed by atoms with van der Waals surface area (Å²) in [7, 11) is 0. The molecule has 2 heterocycles. The second-order valence-electron chi connectivity index (χ2n) is 9.09. The first-order chi connectivity index (χ1) is 14.8. The van der Waals surface area contributed by atoms with Crippen molar-refractivity contribution >= 4 is 17.7 Å². The molecule has 1 N–H and O–H groups in total. The summed E-state index contributed by atoms with van der Waals surface area (Å²) < 4.78 is 0. The number of benzene rings is 1. The summed E-state index contributed by atoms with van der Waals surface area (Å²) in [5, 5.41) is 3.84. The molecule has 0 bridgehead atoms. The Labute approximate surface area is 191 Å². The summed E-state index contributed by atoms with van der Waals surface area (Å²) in [5.74, 6) is 1.62. The van der Waals surface area contributed by atoms with Gasteiger partial charge in [-0.25, -0.2) is 9.97 Å². The molecule has 3 rings (SSSR count). The van der Waals surface area contributed by atoms with Gasteiger partial charge in [-0.2, -0.15) is 0 Å². The van der Waals surface area contributed by atoms with Crippen molar-refractivity contribution in [1.82, 2.24) is 20.2 Å². The van der Waals surface area contributed by atoms with Crippen LogP contribution in [0.15, 0.2) is 29.4 Å². The number of aryl methyl sites for hydroxylation is 2. The fourth-order valence-electron chi connectivity index (χ4n) is 4.63. The number of carbonyl (C=O) groups excluding carboxylic acids is 1. The van der Waals surface area contributed by atoms with Gasteiger partial charge in [-0.1, -0.05) is 49.9 Å². The highest BCUT2D eigenvalue weighted by atomic mass is 32.2. The largest absolute Gasteiger partial charge is 0.352 e. The van der Waals surface area contributed by atoms with Gasteiger partial charge in [0.2, 0.25) is 5.91 Å². The first-order valence-corrected chi connectivity index (χ1v) is 12.5. The number of hydrogen-bond donors (Lipinski definition) is 1. The number of thioether (sulfide) groups is 1. The number of aromatic nitrogens is 2. The van der Waals surface area contributed by atoms with Crippen LogP contribution in [0.3, 0.4) is 0 Å². The van der Waals surface area contributed by atoms with Crippen molar-refractivity contribution in [1.29, 1.82) is 0 Å². The van der Waals surface area contributed by atoms with E-state index in [1.165, 1.54) is 25.1 Å². The summed E-state index contributed by atoms with van der Waals surface area (Å²) in [6, 6.07) is 8.66. The molecule has 0 radical (unpaired) electrons. The Balaban J connectivity index is 1.45. The Morgan fingerprint density at radius 1 is 1.06 bits per heavy atom. The smallest absolute Gasteiger partial charge is 0.220 e. The van der Waals surface area contributed by atoms with E-state index < -0.39 is 0 Å². The topological polar surface area (TPSA) is 58.1 Å². The van der Waals surface area contributed by atoms with Crippen molar-refractivity contribution < 1.29 is 4.79 Å². The fraction of sp³-hybridized carbons (Fsp3) is 0.560. The van der Waals surface area contributed by atoms with Crippen molar-refractivity contribution in [2.24, 2.45) is 11.8 Å². The molecule has 2 aromatic rings. The van der Waals surface area contributed by atoms with E-state index in [0.717, 1.165) is 46.1 Å². The summed E-state index contributed by atoms with van der Waals surface area (Å²) in [5.41, 5.74) is 5.50. The van der Waals surface area contributed by atoms with E-state index >= 15 is 0 Å². The van der Waals surface area contributed by atoms with Gasteiger partial charge in [0.15, 0.2) is 5.16 Å². The summed E-state index contributed by atoms with van der Waals surface area (Å²) in [6.07, 6.45) is 4.43. The van der Waals surface area contributed by atoms with Crippen LogP contribution in [0.5, 0.6) is 0 Å². The SMILES string of the molecule is CSc1nc(C)c(CCC(=O)NCc2ccc(CN3CC(C)CC(C)C3)cc2)c(C)n1. The van der Waals surface area contributed by atoms with E-state index in [4.69, 9.17) is 0 Å². The highest BCUT2D eigenvalue weighted by molar-refractivity contribution is 7.98. The quantitative estimate of drug-likeness (QED) is 0.482. The van der Waals surface area contributed by atoms with Crippen LogP contribution in [-0.2, 0) is 24.3 Å². The van der Waals surface area contributed by atoms with Gasteiger partial charge in [-0.05, 0) is 61.5 Å². The van der Waals surface area contributed by atoms with Gasteiger partial charge in [-0.15, -0.1) is 0 Å². The van der Waals surface area contributed by atoms with Gasteiger partial charge >= 0.3 is 0 Å². The van der Waals surface area contributed by atoms with Crippen LogP contribution in [0.2, 0.25) is 0 Å². The third-order valence-electron chi connectivity index (χ3n) is 6.05. The highest BCUT2D eigenvalue weighted by Gasteiger charge is 2.21. The summed E-state index contributed by atoms with van der Waals surface area (Å²) in [4.78, 5) is 23.9. The number of hydrogen-bond acceptors (Lipinski definition) is 5. The summed E-state index contributed by atoms with van der Waals surface area (Å²) >= 11 is 1.54. The van der Waals surface area contributed by atoms with Gasteiger partial charge in [-0.3, -0.25) is 9.69 Å². The number of carbonyl (C=O) groups is 1. The average molecular weight is 441 g/mol. The number of nitrogens with one attached hydrogen (secondary N) is 1. The first kappa shape index (κ1) is 23.7. The number of rotatable bonds is 8. The van der Waals surface area contributed by atoms with Gasteiger partial charge in [0.1, 0.15) is 0 Å². The molecule has 1 fully saturated rings. The monoisotopic (exact) mass is 440 g/mol. The Morgan fingerprint density at radius 2 is 1.65 bits per heavy atom.